The molecule has 1 aromatic rings. The molecule has 0 saturated carbocycles. The molecule has 4 heteroatoms. The minimum absolute atomic E-state index is 0.401. The molecule has 0 aliphatic carbocycles. The molecule has 76 valence electrons. The largest absolute Gasteiger partial charge is 0.384 e. The van der Waals surface area contributed by atoms with Crippen LogP contribution in [0.4, 0.5) is 4.39 Å². The molecule has 0 amide bonds. The number of piperidine rings is 1. The second-order valence-electron chi connectivity index (χ2n) is 3.70. The summed E-state index contributed by atoms with van der Waals surface area (Å²) >= 11 is 0. The van der Waals surface area contributed by atoms with E-state index in [1.165, 1.54) is 12.3 Å². The van der Waals surface area contributed by atoms with Crippen LogP contribution in [0.15, 0.2) is 18.5 Å². The van der Waals surface area contributed by atoms with Crippen molar-refractivity contribution >= 4 is 0 Å². The molecular weight excluding hydrogens is 183 g/mol. The Morgan fingerprint density at radius 2 is 2.36 bits per heavy atom. The topological polar surface area (TPSA) is 45.2 Å². The van der Waals surface area contributed by atoms with Gasteiger partial charge in [0.25, 0.3) is 0 Å². The van der Waals surface area contributed by atoms with Crippen LogP contribution in [0, 0.1) is 5.82 Å². The van der Waals surface area contributed by atoms with Crippen LogP contribution in [0.1, 0.15) is 18.4 Å². The van der Waals surface area contributed by atoms with E-state index in [-0.39, 0.29) is 0 Å². The van der Waals surface area contributed by atoms with Gasteiger partial charge in [0, 0.05) is 18.3 Å². The smallest absolute Gasteiger partial charge is 0.141 e. The Labute approximate surface area is 82.0 Å². The van der Waals surface area contributed by atoms with Crippen LogP contribution in [0.5, 0.6) is 0 Å². The summed E-state index contributed by atoms with van der Waals surface area (Å²) in [4.78, 5) is 3.74. The summed E-state index contributed by atoms with van der Waals surface area (Å²) in [6, 6.07) is 1.35. The Kier molecular flexibility index (Phi) is 2.48. The Hall–Kier alpha value is -1.00. The molecule has 1 aliphatic heterocycles. The first-order valence-electron chi connectivity index (χ1n) is 4.75. The summed E-state index contributed by atoms with van der Waals surface area (Å²) < 4.78 is 12.9. The third-order valence-corrected chi connectivity index (χ3v) is 2.60. The van der Waals surface area contributed by atoms with Gasteiger partial charge in [0.1, 0.15) is 11.4 Å². The molecule has 1 aliphatic rings. The number of hydrogen-bond donors (Lipinski definition) is 2. The number of rotatable bonds is 1. The van der Waals surface area contributed by atoms with Crippen LogP contribution in [0.3, 0.4) is 0 Å². The van der Waals surface area contributed by atoms with Crippen LogP contribution >= 0.6 is 0 Å². The molecule has 0 spiro atoms. The number of nitrogens with zero attached hydrogens (tertiary/aromatic N) is 1. The Bertz CT molecular complexity index is 324. The number of pyridine rings is 1. The Balaban J connectivity index is 2.28. The van der Waals surface area contributed by atoms with E-state index in [2.05, 4.69) is 10.3 Å². The molecule has 0 radical (unpaired) electrons. The fraction of sp³-hybridized carbons (Fsp3) is 0.500. The predicted molar refractivity (Wildman–Crippen MR) is 50.2 cm³/mol. The van der Waals surface area contributed by atoms with E-state index in [0.29, 0.717) is 18.5 Å². The first-order chi connectivity index (χ1) is 6.71. The molecule has 1 unspecified atom stereocenters. The van der Waals surface area contributed by atoms with Gasteiger partial charge >= 0.3 is 0 Å². The molecule has 2 rings (SSSR count). The van der Waals surface area contributed by atoms with Gasteiger partial charge in [-0.2, -0.15) is 0 Å². The van der Waals surface area contributed by atoms with Crippen molar-refractivity contribution in [2.24, 2.45) is 0 Å². The van der Waals surface area contributed by atoms with Crippen LogP contribution in [0.2, 0.25) is 0 Å². The highest BCUT2D eigenvalue weighted by Gasteiger charge is 2.31. The minimum atomic E-state index is -0.951. The lowest BCUT2D eigenvalue weighted by Gasteiger charge is -2.32. The number of aromatic nitrogens is 1. The van der Waals surface area contributed by atoms with Crippen LogP contribution < -0.4 is 5.32 Å². The van der Waals surface area contributed by atoms with Gasteiger partial charge in [-0.3, -0.25) is 4.98 Å². The van der Waals surface area contributed by atoms with Crippen molar-refractivity contribution in [2.75, 3.05) is 13.1 Å². The standard InChI is InChI=1S/C10H13FN2O/c11-9-4-8(5-13-6-9)10(14)2-1-3-12-7-10/h4-6,12,14H,1-3,7H2. The predicted octanol–water partition coefficient (Wildman–Crippen LogP) is 0.792. The van der Waals surface area contributed by atoms with Gasteiger partial charge in [0.15, 0.2) is 0 Å². The average Bonchev–Trinajstić information content (AvgIpc) is 2.19. The number of aliphatic hydroxyl groups is 1. The normalized spacial score (nSPS) is 27.6. The number of nitrogens with one attached hydrogen (secondary N) is 1. The highest BCUT2D eigenvalue weighted by atomic mass is 19.1. The first-order valence-corrected chi connectivity index (χ1v) is 4.75. The van der Waals surface area contributed by atoms with Crippen LogP contribution in [-0.2, 0) is 5.60 Å². The fourth-order valence-corrected chi connectivity index (χ4v) is 1.80. The average molecular weight is 196 g/mol. The number of halogens is 1. The lowest BCUT2D eigenvalue weighted by molar-refractivity contribution is 0.0117. The first kappa shape index (κ1) is 9.55. The molecule has 1 atom stereocenters. The number of hydrogen-bond acceptors (Lipinski definition) is 3. The van der Waals surface area contributed by atoms with E-state index in [1.807, 2.05) is 0 Å². The van der Waals surface area contributed by atoms with Gasteiger partial charge in [-0.25, -0.2) is 4.39 Å². The zero-order valence-corrected chi connectivity index (χ0v) is 7.83. The lowest BCUT2D eigenvalue weighted by Crippen LogP contribution is -2.43. The molecular formula is C10H13FN2O. The third-order valence-electron chi connectivity index (χ3n) is 2.60. The van der Waals surface area contributed by atoms with Crippen molar-refractivity contribution in [1.82, 2.24) is 10.3 Å². The van der Waals surface area contributed by atoms with Crippen molar-refractivity contribution in [3.63, 3.8) is 0 Å². The fourth-order valence-electron chi connectivity index (χ4n) is 1.80. The zero-order valence-electron chi connectivity index (χ0n) is 7.83. The van der Waals surface area contributed by atoms with Gasteiger partial charge in [0.2, 0.25) is 0 Å². The van der Waals surface area contributed by atoms with Gasteiger partial charge < -0.3 is 10.4 Å². The van der Waals surface area contributed by atoms with E-state index in [4.69, 9.17) is 0 Å². The molecule has 0 bridgehead atoms. The Morgan fingerprint density at radius 1 is 1.50 bits per heavy atom. The lowest BCUT2D eigenvalue weighted by atomic mass is 9.88. The number of β-amino-alcohol motifs (C(OH)–C–C–N with tert-alkyl or cyclic N) is 1. The third kappa shape index (κ3) is 1.76. The van der Waals surface area contributed by atoms with Crippen LogP contribution in [0.25, 0.3) is 0 Å². The van der Waals surface area contributed by atoms with E-state index < -0.39 is 11.4 Å². The summed E-state index contributed by atoms with van der Waals surface area (Å²) in [6.45, 7) is 1.38. The van der Waals surface area contributed by atoms with E-state index in [0.717, 1.165) is 19.2 Å². The second kappa shape index (κ2) is 3.63. The quantitative estimate of drug-likeness (QED) is 0.698. The molecule has 0 aromatic carbocycles. The highest BCUT2D eigenvalue weighted by Crippen LogP contribution is 2.27. The second-order valence-corrected chi connectivity index (χ2v) is 3.70. The maximum Gasteiger partial charge on any atom is 0.141 e. The highest BCUT2D eigenvalue weighted by molar-refractivity contribution is 5.20. The van der Waals surface area contributed by atoms with Gasteiger partial charge in [-0.15, -0.1) is 0 Å². The minimum Gasteiger partial charge on any atom is -0.384 e. The molecule has 2 heterocycles. The maximum atomic E-state index is 12.9. The van der Waals surface area contributed by atoms with Crippen molar-refractivity contribution in [3.8, 4) is 0 Å². The molecule has 2 N–H and O–H groups in total. The van der Waals surface area contributed by atoms with E-state index >= 15 is 0 Å². The summed E-state index contributed by atoms with van der Waals surface area (Å²) in [5.41, 5.74) is -0.391. The van der Waals surface area contributed by atoms with Crippen molar-refractivity contribution < 1.29 is 9.50 Å². The zero-order chi connectivity index (χ0) is 10.0. The summed E-state index contributed by atoms with van der Waals surface area (Å²) in [5.74, 6) is -0.401. The van der Waals surface area contributed by atoms with Crippen molar-refractivity contribution in [3.05, 3.63) is 29.8 Å². The SMILES string of the molecule is OC1(c2cncc(F)c2)CCCNC1. The molecule has 1 saturated heterocycles. The maximum absolute atomic E-state index is 12.9. The summed E-state index contributed by atoms with van der Waals surface area (Å²) in [6.07, 6.45) is 4.22. The molecule has 14 heavy (non-hydrogen) atoms. The molecule has 3 nitrogen and oxygen atoms in total. The monoisotopic (exact) mass is 196 g/mol. The van der Waals surface area contributed by atoms with Gasteiger partial charge in [-0.05, 0) is 25.5 Å². The van der Waals surface area contributed by atoms with Crippen molar-refractivity contribution in [2.45, 2.75) is 18.4 Å². The summed E-state index contributed by atoms with van der Waals surface area (Å²) in [5, 5.41) is 13.3. The van der Waals surface area contributed by atoms with Crippen molar-refractivity contribution in [1.29, 1.82) is 0 Å². The van der Waals surface area contributed by atoms with Gasteiger partial charge in [-0.1, -0.05) is 0 Å². The Morgan fingerprint density at radius 3 is 3.00 bits per heavy atom. The van der Waals surface area contributed by atoms with E-state index in [1.54, 1.807) is 0 Å². The molecule has 1 aromatic heterocycles. The van der Waals surface area contributed by atoms with Crippen LogP contribution in [-0.4, -0.2) is 23.2 Å². The summed E-state index contributed by atoms with van der Waals surface area (Å²) in [7, 11) is 0. The van der Waals surface area contributed by atoms with Gasteiger partial charge in [0.05, 0.1) is 6.20 Å². The molecule has 1 fully saturated rings. The van der Waals surface area contributed by atoms with E-state index in [9.17, 15) is 9.50 Å².